The predicted octanol–water partition coefficient (Wildman–Crippen LogP) is 1.92. The zero-order valence-corrected chi connectivity index (χ0v) is 17.7. The van der Waals surface area contributed by atoms with Crippen LogP contribution in [0.4, 0.5) is 5.82 Å². The monoisotopic (exact) mass is 421 g/mol. The maximum absolute atomic E-state index is 12.2. The molecule has 1 fully saturated rings. The molecule has 0 saturated carbocycles. The third-order valence-corrected chi connectivity index (χ3v) is 5.30. The van der Waals surface area contributed by atoms with Gasteiger partial charge in [-0.1, -0.05) is 11.2 Å². The van der Waals surface area contributed by atoms with Gasteiger partial charge < -0.3 is 19.6 Å². The number of nitrogens with one attached hydrogen (secondary N) is 1. The van der Waals surface area contributed by atoms with Crippen molar-refractivity contribution < 1.29 is 9.32 Å². The first-order valence-electron chi connectivity index (χ1n) is 10.6. The summed E-state index contributed by atoms with van der Waals surface area (Å²) >= 11 is 0. The number of carbonyl (C=O) groups excluding carboxylic acids is 1. The molecule has 4 rings (SSSR count). The van der Waals surface area contributed by atoms with E-state index in [1.54, 1.807) is 12.4 Å². The Hall–Kier alpha value is -3.33. The Morgan fingerprint density at radius 3 is 2.90 bits per heavy atom. The number of carbonyl (C=O) groups is 1. The molecule has 0 bridgehead atoms. The summed E-state index contributed by atoms with van der Waals surface area (Å²) in [5.41, 5.74) is 1.76. The van der Waals surface area contributed by atoms with Gasteiger partial charge in [-0.05, 0) is 43.8 Å². The molecule has 0 atom stereocenters. The van der Waals surface area contributed by atoms with Gasteiger partial charge in [0, 0.05) is 63.2 Å². The second kappa shape index (κ2) is 10.1. The standard InChI is InChI=1S/C22H27N7O2/c1-28-10-3-11-29(13-12-28)19-6-5-17(14-24-19)15-25-20(30)7-8-21-26-22(27-31-21)18-4-2-9-23-16-18/h2,4-6,9,14,16H,3,7-8,10-13,15H2,1H3,(H,25,30). The molecule has 0 radical (unpaired) electrons. The minimum absolute atomic E-state index is 0.0687. The highest BCUT2D eigenvalue weighted by Crippen LogP contribution is 2.15. The van der Waals surface area contributed by atoms with Gasteiger partial charge in [-0.3, -0.25) is 9.78 Å². The van der Waals surface area contributed by atoms with E-state index in [0.717, 1.165) is 49.5 Å². The Morgan fingerprint density at radius 2 is 2.10 bits per heavy atom. The SMILES string of the molecule is CN1CCCN(c2ccc(CNC(=O)CCc3nc(-c4cccnc4)no3)cn2)CC1. The van der Waals surface area contributed by atoms with Crippen molar-refractivity contribution in [3.8, 4) is 11.4 Å². The molecule has 1 N–H and O–H groups in total. The molecule has 0 aliphatic carbocycles. The summed E-state index contributed by atoms with van der Waals surface area (Å²) in [5.74, 6) is 1.83. The van der Waals surface area contributed by atoms with Crippen molar-refractivity contribution in [2.24, 2.45) is 0 Å². The zero-order valence-electron chi connectivity index (χ0n) is 17.7. The van der Waals surface area contributed by atoms with Gasteiger partial charge in [0.05, 0.1) is 0 Å². The molecule has 1 aliphatic rings. The maximum Gasteiger partial charge on any atom is 0.227 e. The lowest BCUT2D eigenvalue weighted by Crippen LogP contribution is -2.29. The summed E-state index contributed by atoms with van der Waals surface area (Å²) in [6.45, 7) is 4.61. The van der Waals surface area contributed by atoms with Crippen molar-refractivity contribution in [3.05, 3.63) is 54.3 Å². The van der Waals surface area contributed by atoms with Gasteiger partial charge in [0.25, 0.3) is 0 Å². The molecule has 9 heteroatoms. The number of likely N-dealkylation sites (N-methyl/N-ethyl adjacent to an activating group) is 1. The molecule has 1 saturated heterocycles. The van der Waals surface area contributed by atoms with Gasteiger partial charge in [-0.15, -0.1) is 0 Å². The Balaban J connectivity index is 1.22. The van der Waals surface area contributed by atoms with Gasteiger partial charge in [-0.2, -0.15) is 4.98 Å². The Kier molecular flexibility index (Phi) is 6.83. The van der Waals surface area contributed by atoms with Crippen LogP contribution in [0.25, 0.3) is 11.4 Å². The third kappa shape index (κ3) is 5.85. The number of hydrogen-bond acceptors (Lipinski definition) is 8. The van der Waals surface area contributed by atoms with Crippen LogP contribution in [0.15, 0.2) is 47.4 Å². The quantitative estimate of drug-likeness (QED) is 0.618. The lowest BCUT2D eigenvalue weighted by atomic mass is 10.2. The molecule has 9 nitrogen and oxygen atoms in total. The van der Waals surface area contributed by atoms with E-state index in [1.807, 2.05) is 30.5 Å². The van der Waals surface area contributed by atoms with Crippen molar-refractivity contribution in [2.75, 3.05) is 38.1 Å². The fourth-order valence-electron chi connectivity index (χ4n) is 3.46. The number of hydrogen-bond donors (Lipinski definition) is 1. The van der Waals surface area contributed by atoms with Crippen LogP contribution in [-0.4, -0.2) is 64.1 Å². The van der Waals surface area contributed by atoms with Crippen LogP contribution in [0.5, 0.6) is 0 Å². The van der Waals surface area contributed by atoms with Crippen molar-refractivity contribution in [3.63, 3.8) is 0 Å². The summed E-state index contributed by atoms with van der Waals surface area (Å²) in [6, 6.07) is 7.73. The highest BCUT2D eigenvalue weighted by atomic mass is 16.5. The first-order valence-corrected chi connectivity index (χ1v) is 10.6. The first kappa shape index (κ1) is 20.9. The van der Waals surface area contributed by atoms with Gasteiger partial charge in [-0.25, -0.2) is 4.98 Å². The molecule has 162 valence electrons. The Labute approximate surface area is 181 Å². The molecule has 4 heterocycles. The predicted molar refractivity (Wildman–Crippen MR) is 116 cm³/mol. The lowest BCUT2D eigenvalue weighted by Gasteiger charge is -2.21. The highest BCUT2D eigenvalue weighted by Gasteiger charge is 2.14. The molecule has 3 aromatic heterocycles. The maximum atomic E-state index is 12.2. The third-order valence-electron chi connectivity index (χ3n) is 5.30. The lowest BCUT2D eigenvalue weighted by molar-refractivity contribution is -0.121. The number of aromatic nitrogens is 4. The van der Waals surface area contributed by atoms with E-state index in [0.29, 0.717) is 24.7 Å². The van der Waals surface area contributed by atoms with Crippen molar-refractivity contribution in [1.29, 1.82) is 0 Å². The van der Waals surface area contributed by atoms with Crippen molar-refractivity contribution in [1.82, 2.24) is 30.3 Å². The van der Waals surface area contributed by atoms with E-state index in [1.165, 1.54) is 0 Å². The van der Waals surface area contributed by atoms with Gasteiger partial charge >= 0.3 is 0 Å². The average Bonchev–Trinajstić information content (AvgIpc) is 3.18. The minimum atomic E-state index is -0.0687. The van der Waals surface area contributed by atoms with E-state index in [-0.39, 0.29) is 12.3 Å². The van der Waals surface area contributed by atoms with E-state index in [2.05, 4.69) is 42.3 Å². The van der Waals surface area contributed by atoms with Gasteiger partial charge in [0.1, 0.15) is 5.82 Å². The molecule has 0 unspecified atom stereocenters. The Morgan fingerprint density at radius 1 is 1.16 bits per heavy atom. The highest BCUT2D eigenvalue weighted by molar-refractivity contribution is 5.76. The van der Waals surface area contributed by atoms with Gasteiger partial charge in [0.2, 0.25) is 17.6 Å². The van der Waals surface area contributed by atoms with Crippen LogP contribution >= 0.6 is 0 Å². The van der Waals surface area contributed by atoms with Crippen LogP contribution in [0.2, 0.25) is 0 Å². The smallest absolute Gasteiger partial charge is 0.227 e. The van der Waals surface area contributed by atoms with Crippen LogP contribution in [0.3, 0.4) is 0 Å². The molecule has 1 amide bonds. The van der Waals surface area contributed by atoms with E-state index in [9.17, 15) is 4.79 Å². The van der Waals surface area contributed by atoms with Crippen molar-refractivity contribution >= 4 is 11.7 Å². The van der Waals surface area contributed by atoms with E-state index in [4.69, 9.17) is 4.52 Å². The molecule has 1 aliphatic heterocycles. The molecule has 0 spiro atoms. The normalized spacial score (nSPS) is 14.9. The molecule has 3 aromatic rings. The second-order valence-corrected chi connectivity index (χ2v) is 7.70. The number of rotatable bonds is 7. The zero-order chi connectivity index (χ0) is 21.5. The largest absolute Gasteiger partial charge is 0.355 e. The van der Waals surface area contributed by atoms with E-state index >= 15 is 0 Å². The number of anilines is 1. The minimum Gasteiger partial charge on any atom is -0.355 e. The number of nitrogens with zero attached hydrogens (tertiary/aromatic N) is 6. The molecular formula is C22H27N7O2. The number of pyridine rings is 2. The van der Waals surface area contributed by atoms with E-state index < -0.39 is 0 Å². The summed E-state index contributed by atoms with van der Waals surface area (Å²) in [7, 11) is 2.15. The van der Waals surface area contributed by atoms with Crippen LogP contribution in [0, 0.1) is 0 Å². The summed E-state index contributed by atoms with van der Waals surface area (Å²) in [6.07, 6.45) is 7.00. The van der Waals surface area contributed by atoms with Crippen LogP contribution in [-0.2, 0) is 17.8 Å². The molecule has 0 aromatic carbocycles. The van der Waals surface area contributed by atoms with Crippen molar-refractivity contribution in [2.45, 2.75) is 25.8 Å². The van der Waals surface area contributed by atoms with Crippen LogP contribution in [0.1, 0.15) is 24.3 Å². The molecular weight excluding hydrogens is 394 g/mol. The average molecular weight is 422 g/mol. The fourth-order valence-corrected chi connectivity index (χ4v) is 3.46. The van der Waals surface area contributed by atoms with Gasteiger partial charge in [0.15, 0.2) is 0 Å². The first-order chi connectivity index (χ1) is 15.2. The number of amides is 1. The fraction of sp³-hybridized carbons (Fsp3) is 0.409. The number of aryl methyl sites for hydroxylation is 1. The summed E-state index contributed by atoms with van der Waals surface area (Å²) < 4.78 is 5.23. The second-order valence-electron chi connectivity index (χ2n) is 7.70. The van der Waals surface area contributed by atoms with Crippen LogP contribution < -0.4 is 10.2 Å². The topological polar surface area (TPSA) is 100 Å². The summed E-state index contributed by atoms with van der Waals surface area (Å²) in [5, 5.41) is 6.87. The summed E-state index contributed by atoms with van der Waals surface area (Å²) in [4.78, 5) is 29.8. The Bertz CT molecular complexity index is 975. The molecule has 31 heavy (non-hydrogen) atoms.